The van der Waals surface area contributed by atoms with E-state index in [4.69, 9.17) is 4.74 Å². The molecule has 0 radical (unpaired) electrons. The van der Waals surface area contributed by atoms with Crippen LogP contribution in [0.2, 0.25) is 0 Å². The third kappa shape index (κ3) is 4.30. The van der Waals surface area contributed by atoms with Crippen LogP contribution >= 0.6 is 0 Å². The zero-order valence-corrected chi connectivity index (χ0v) is 16.1. The third-order valence-electron chi connectivity index (χ3n) is 4.72. The first kappa shape index (κ1) is 17.6. The van der Waals surface area contributed by atoms with Gasteiger partial charge in [0.05, 0.1) is 0 Å². The Morgan fingerprint density at radius 2 is 1.93 bits per heavy atom. The second kappa shape index (κ2) is 7.06. The first-order valence-electron chi connectivity index (χ1n) is 9.52. The molecule has 1 saturated carbocycles. The number of nitrogens with zero attached hydrogens (tertiary/aromatic N) is 3. The van der Waals surface area contributed by atoms with Gasteiger partial charge in [-0.2, -0.15) is 5.10 Å². The fourth-order valence-electron chi connectivity index (χ4n) is 3.08. The molecule has 1 aliphatic rings. The van der Waals surface area contributed by atoms with Gasteiger partial charge in [0.25, 0.3) is 0 Å². The minimum Gasteiger partial charge on any atom is -0.437 e. The van der Waals surface area contributed by atoms with Gasteiger partial charge in [0.1, 0.15) is 11.4 Å². The highest BCUT2D eigenvalue weighted by atomic mass is 16.5. The molecule has 0 spiro atoms. The minimum absolute atomic E-state index is 0.0133. The van der Waals surface area contributed by atoms with Gasteiger partial charge >= 0.3 is 0 Å². The van der Waals surface area contributed by atoms with Crippen LogP contribution in [0, 0.1) is 5.92 Å². The molecular formula is C22H26N4O. The van der Waals surface area contributed by atoms with Crippen LogP contribution in [0.15, 0.2) is 54.9 Å². The Balaban J connectivity index is 1.56. The van der Waals surface area contributed by atoms with E-state index in [2.05, 4.69) is 42.2 Å². The van der Waals surface area contributed by atoms with Crippen molar-refractivity contribution in [2.75, 3.05) is 5.32 Å². The lowest BCUT2D eigenvalue weighted by molar-refractivity contribution is 0.442. The maximum Gasteiger partial charge on any atom is 0.243 e. The molecule has 27 heavy (non-hydrogen) atoms. The Morgan fingerprint density at radius 3 is 2.70 bits per heavy atom. The van der Waals surface area contributed by atoms with Crippen LogP contribution in [0.4, 0.5) is 11.5 Å². The van der Waals surface area contributed by atoms with Gasteiger partial charge in [0.2, 0.25) is 5.88 Å². The van der Waals surface area contributed by atoms with Gasteiger partial charge in [-0.1, -0.05) is 39.0 Å². The molecule has 1 fully saturated rings. The molecule has 0 bridgehead atoms. The van der Waals surface area contributed by atoms with Crippen LogP contribution < -0.4 is 10.1 Å². The van der Waals surface area contributed by atoms with Crippen LogP contribution in [0.25, 0.3) is 0 Å². The minimum atomic E-state index is -0.0133. The molecule has 5 nitrogen and oxygen atoms in total. The number of benzene rings is 1. The Morgan fingerprint density at radius 1 is 1.11 bits per heavy atom. The highest BCUT2D eigenvalue weighted by Gasteiger charge is 2.22. The topological polar surface area (TPSA) is 52.0 Å². The Labute approximate surface area is 160 Å². The molecule has 4 rings (SSSR count). The zero-order chi connectivity index (χ0) is 18.9. The summed E-state index contributed by atoms with van der Waals surface area (Å²) in [4.78, 5) is 4.44. The van der Waals surface area contributed by atoms with E-state index in [1.54, 1.807) is 6.20 Å². The lowest BCUT2D eigenvalue weighted by atomic mass is 9.86. The molecule has 0 amide bonds. The van der Waals surface area contributed by atoms with E-state index in [0.29, 0.717) is 5.88 Å². The molecule has 1 aliphatic carbocycles. The SMILES string of the molecule is CC(C)(C)c1ccccc1Oc1ncccc1Nc1ccn(CC2CC2)n1. The van der Waals surface area contributed by atoms with Crippen LogP contribution in [0.5, 0.6) is 11.6 Å². The van der Waals surface area contributed by atoms with Gasteiger partial charge in [0.15, 0.2) is 5.82 Å². The number of anilines is 2. The van der Waals surface area contributed by atoms with E-state index >= 15 is 0 Å². The summed E-state index contributed by atoms with van der Waals surface area (Å²) in [6, 6.07) is 14.0. The summed E-state index contributed by atoms with van der Waals surface area (Å²) >= 11 is 0. The number of hydrogen-bond acceptors (Lipinski definition) is 4. The number of pyridine rings is 1. The molecule has 3 aromatic rings. The van der Waals surface area contributed by atoms with Crippen LogP contribution in [-0.4, -0.2) is 14.8 Å². The van der Waals surface area contributed by atoms with Crippen molar-refractivity contribution in [3.05, 3.63) is 60.4 Å². The van der Waals surface area contributed by atoms with Crippen LogP contribution in [0.1, 0.15) is 39.2 Å². The maximum absolute atomic E-state index is 6.21. The third-order valence-corrected chi connectivity index (χ3v) is 4.72. The van der Waals surface area contributed by atoms with Gasteiger partial charge in [-0.15, -0.1) is 0 Å². The summed E-state index contributed by atoms with van der Waals surface area (Å²) in [5.74, 6) is 2.97. The summed E-state index contributed by atoms with van der Waals surface area (Å²) in [6.45, 7) is 7.54. The highest BCUT2D eigenvalue weighted by molar-refractivity contribution is 5.62. The standard InChI is InChI=1S/C22H26N4O/c1-22(2,3)17-7-4-5-9-19(17)27-21-18(8-6-13-23-21)24-20-12-14-26(25-20)15-16-10-11-16/h4-9,12-14,16H,10-11,15H2,1-3H3,(H,24,25). The average molecular weight is 362 g/mol. The predicted molar refractivity (Wildman–Crippen MR) is 108 cm³/mol. The Hall–Kier alpha value is -2.82. The van der Waals surface area contributed by atoms with Gasteiger partial charge in [-0.3, -0.25) is 4.68 Å². The number of nitrogens with one attached hydrogen (secondary N) is 1. The molecule has 2 heterocycles. The number of para-hydroxylation sites is 1. The van der Waals surface area contributed by atoms with E-state index in [0.717, 1.165) is 35.3 Å². The number of rotatable bonds is 6. The van der Waals surface area contributed by atoms with Crippen molar-refractivity contribution in [2.45, 2.75) is 45.6 Å². The summed E-state index contributed by atoms with van der Waals surface area (Å²) in [6.07, 6.45) is 6.39. The molecule has 140 valence electrons. The van der Waals surface area contributed by atoms with Crippen molar-refractivity contribution < 1.29 is 4.74 Å². The normalized spacial score (nSPS) is 14.2. The fourth-order valence-corrected chi connectivity index (χ4v) is 3.08. The first-order chi connectivity index (χ1) is 13.0. The molecule has 0 saturated heterocycles. The highest BCUT2D eigenvalue weighted by Crippen LogP contribution is 2.36. The van der Waals surface area contributed by atoms with Crippen molar-refractivity contribution >= 4 is 11.5 Å². The number of hydrogen-bond donors (Lipinski definition) is 1. The van der Waals surface area contributed by atoms with E-state index in [9.17, 15) is 0 Å². The second-order valence-corrected chi connectivity index (χ2v) is 8.20. The van der Waals surface area contributed by atoms with E-state index < -0.39 is 0 Å². The van der Waals surface area contributed by atoms with Gasteiger partial charge in [-0.05, 0) is 42.4 Å². The van der Waals surface area contributed by atoms with Gasteiger partial charge in [-0.25, -0.2) is 4.98 Å². The zero-order valence-electron chi connectivity index (χ0n) is 16.1. The van der Waals surface area contributed by atoms with Gasteiger partial charge in [0, 0.05) is 30.6 Å². The van der Waals surface area contributed by atoms with Gasteiger partial charge < -0.3 is 10.1 Å². The predicted octanol–water partition coefficient (Wildman–Crippen LogP) is 5.52. The first-order valence-corrected chi connectivity index (χ1v) is 9.52. The quantitative estimate of drug-likeness (QED) is 0.627. The molecule has 1 aromatic carbocycles. The summed E-state index contributed by atoms with van der Waals surface area (Å²) in [5.41, 5.74) is 1.94. The van der Waals surface area contributed by atoms with Crippen molar-refractivity contribution in [2.24, 2.45) is 5.92 Å². The second-order valence-electron chi connectivity index (χ2n) is 8.20. The largest absolute Gasteiger partial charge is 0.437 e. The van der Waals surface area contributed by atoms with E-state index in [-0.39, 0.29) is 5.41 Å². The van der Waals surface area contributed by atoms with Crippen LogP contribution in [0.3, 0.4) is 0 Å². The van der Waals surface area contributed by atoms with E-state index in [1.165, 1.54) is 12.8 Å². The molecular weight excluding hydrogens is 336 g/mol. The average Bonchev–Trinajstić information content (AvgIpc) is 3.34. The maximum atomic E-state index is 6.21. The summed E-state index contributed by atoms with van der Waals surface area (Å²) in [7, 11) is 0. The van der Waals surface area contributed by atoms with E-state index in [1.807, 2.05) is 47.3 Å². The fraction of sp³-hybridized carbons (Fsp3) is 0.364. The molecule has 5 heteroatoms. The lowest BCUT2D eigenvalue weighted by Gasteiger charge is -2.22. The van der Waals surface area contributed by atoms with Crippen LogP contribution in [-0.2, 0) is 12.0 Å². The Kier molecular flexibility index (Phi) is 4.60. The molecule has 2 aromatic heterocycles. The molecule has 0 atom stereocenters. The monoisotopic (exact) mass is 362 g/mol. The van der Waals surface area contributed by atoms with Crippen molar-refractivity contribution in [1.82, 2.24) is 14.8 Å². The van der Waals surface area contributed by atoms with Crippen molar-refractivity contribution in [3.63, 3.8) is 0 Å². The smallest absolute Gasteiger partial charge is 0.243 e. The number of aromatic nitrogens is 3. The number of ether oxygens (including phenoxy) is 1. The summed E-state index contributed by atoms with van der Waals surface area (Å²) in [5, 5.41) is 7.96. The molecule has 0 aliphatic heterocycles. The molecule has 0 unspecified atom stereocenters. The van der Waals surface area contributed by atoms with Crippen molar-refractivity contribution in [3.8, 4) is 11.6 Å². The summed E-state index contributed by atoms with van der Waals surface area (Å²) < 4.78 is 8.22. The van der Waals surface area contributed by atoms with Crippen molar-refractivity contribution in [1.29, 1.82) is 0 Å². The molecule has 1 N–H and O–H groups in total. The lowest BCUT2D eigenvalue weighted by Crippen LogP contribution is -2.12. The Bertz CT molecular complexity index is 922.